The Labute approximate surface area is 106 Å². The second kappa shape index (κ2) is 5.42. The van der Waals surface area contributed by atoms with Gasteiger partial charge in [0.05, 0.1) is 0 Å². The van der Waals surface area contributed by atoms with Crippen molar-refractivity contribution < 1.29 is 34.1 Å². The van der Waals surface area contributed by atoms with E-state index in [1.165, 1.54) is 5.56 Å². The van der Waals surface area contributed by atoms with Gasteiger partial charge in [0.15, 0.2) is 0 Å². The molecule has 0 spiro atoms. The van der Waals surface area contributed by atoms with Crippen LogP contribution in [0.15, 0.2) is 29.2 Å². The van der Waals surface area contributed by atoms with E-state index < -0.39 is 0 Å². The van der Waals surface area contributed by atoms with Crippen LogP contribution < -0.4 is 29.6 Å². The number of rotatable bonds is 1. The van der Waals surface area contributed by atoms with Gasteiger partial charge in [0, 0.05) is 0 Å². The zero-order valence-corrected chi connectivity index (χ0v) is 11.4. The second-order valence-corrected chi connectivity index (χ2v) is 4.50. The summed E-state index contributed by atoms with van der Waals surface area (Å²) in [5.74, 6) is 0. The summed E-state index contributed by atoms with van der Waals surface area (Å²) in [5, 5.41) is 0. The van der Waals surface area contributed by atoms with E-state index in [4.69, 9.17) is 0 Å². The van der Waals surface area contributed by atoms with E-state index in [0.29, 0.717) is 12.0 Å². The minimum atomic E-state index is 0. The predicted molar refractivity (Wildman–Crippen MR) is 51.8 cm³/mol. The van der Waals surface area contributed by atoms with Gasteiger partial charge in [0.25, 0.3) is 0 Å². The molecule has 13 heavy (non-hydrogen) atoms. The van der Waals surface area contributed by atoms with Crippen molar-refractivity contribution in [2.24, 2.45) is 0 Å². The zero-order chi connectivity index (χ0) is 9.19. The van der Waals surface area contributed by atoms with E-state index in [1.807, 2.05) is 24.3 Å². The molecule has 0 unspecified atom stereocenters. The molecule has 1 aromatic carbocycles. The molecule has 0 saturated carbocycles. The summed E-state index contributed by atoms with van der Waals surface area (Å²) < 4.78 is 10.4. The van der Waals surface area contributed by atoms with Crippen LogP contribution in [0.5, 0.6) is 0 Å². The first kappa shape index (κ1) is 13.5. The third-order valence-electron chi connectivity index (χ3n) is 1.82. The maximum absolute atomic E-state index is 10.4. The van der Waals surface area contributed by atoms with Gasteiger partial charge in [-0.05, 0) is 28.0 Å². The fourth-order valence-corrected chi connectivity index (χ4v) is 1.26. The molecule has 0 amide bonds. The molecule has 1 rings (SSSR count). The van der Waals surface area contributed by atoms with Gasteiger partial charge in [-0.3, -0.25) is 0 Å². The van der Waals surface area contributed by atoms with Crippen LogP contribution in [0.3, 0.4) is 0 Å². The SMILES string of the molecule is CC(C)(C)c1ccc(S[O-])cc1.[Na+]. The van der Waals surface area contributed by atoms with Crippen LogP contribution in [-0.2, 0) is 5.41 Å². The molecular weight excluding hydrogens is 191 g/mol. The minimum absolute atomic E-state index is 0. The molecule has 0 radical (unpaired) electrons. The largest absolute Gasteiger partial charge is 1.00 e. The van der Waals surface area contributed by atoms with Gasteiger partial charge in [0.2, 0.25) is 0 Å². The van der Waals surface area contributed by atoms with Crippen LogP contribution in [0.25, 0.3) is 0 Å². The van der Waals surface area contributed by atoms with E-state index in [1.54, 1.807) is 0 Å². The minimum Gasteiger partial charge on any atom is -0.795 e. The number of hydrogen-bond donors (Lipinski definition) is 0. The third-order valence-corrected chi connectivity index (χ3v) is 2.28. The van der Waals surface area contributed by atoms with Gasteiger partial charge in [-0.2, -0.15) is 0 Å². The van der Waals surface area contributed by atoms with E-state index in [2.05, 4.69) is 20.8 Å². The number of benzene rings is 1. The maximum Gasteiger partial charge on any atom is 1.00 e. The van der Waals surface area contributed by atoms with E-state index in [9.17, 15) is 4.55 Å². The molecule has 0 atom stereocenters. The molecule has 0 aliphatic rings. The summed E-state index contributed by atoms with van der Waals surface area (Å²) in [6.07, 6.45) is 0. The molecule has 66 valence electrons. The monoisotopic (exact) mass is 204 g/mol. The average molecular weight is 204 g/mol. The van der Waals surface area contributed by atoms with Crippen molar-refractivity contribution in [3.8, 4) is 0 Å². The Hall–Kier alpha value is 0.530. The normalized spacial score (nSPS) is 10.8. The first-order valence-corrected chi connectivity index (χ1v) is 4.68. The Kier molecular flexibility index (Phi) is 5.64. The summed E-state index contributed by atoms with van der Waals surface area (Å²) in [4.78, 5) is 0.781. The van der Waals surface area contributed by atoms with Crippen LogP contribution in [-0.4, -0.2) is 4.55 Å². The van der Waals surface area contributed by atoms with Gasteiger partial charge in [0.1, 0.15) is 0 Å². The molecule has 3 heteroatoms. The standard InChI is InChI=1S/C10H14OS.Na/c1-10(2,3)8-4-6-9(12-11)7-5-8;/h4-7,11H,1-3H3;/q;+1/p-1. The average Bonchev–Trinajstić information content (AvgIpc) is 2.03. The molecule has 1 nitrogen and oxygen atoms in total. The van der Waals surface area contributed by atoms with Crippen molar-refractivity contribution in [3.63, 3.8) is 0 Å². The first-order valence-electron chi connectivity index (χ1n) is 3.94. The summed E-state index contributed by atoms with van der Waals surface area (Å²) in [6, 6.07) is 7.77. The molecule has 0 heterocycles. The Balaban J connectivity index is 0.00000144. The van der Waals surface area contributed by atoms with Gasteiger partial charge >= 0.3 is 29.6 Å². The number of hydrogen-bond acceptors (Lipinski definition) is 2. The van der Waals surface area contributed by atoms with Crippen molar-refractivity contribution >= 4 is 12.0 Å². The van der Waals surface area contributed by atoms with Crippen molar-refractivity contribution in [2.75, 3.05) is 0 Å². The molecule has 0 fully saturated rings. The fourth-order valence-electron chi connectivity index (χ4n) is 1.01. The van der Waals surface area contributed by atoms with Crippen molar-refractivity contribution in [1.82, 2.24) is 0 Å². The van der Waals surface area contributed by atoms with Gasteiger partial charge in [-0.15, -0.1) is 0 Å². The van der Waals surface area contributed by atoms with Gasteiger partial charge in [-0.1, -0.05) is 32.9 Å². The second-order valence-electron chi connectivity index (χ2n) is 3.86. The molecule has 0 aliphatic heterocycles. The molecule has 0 aliphatic carbocycles. The molecular formula is C10H13NaOS. The quantitative estimate of drug-likeness (QED) is 0.482. The first-order chi connectivity index (χ1) is 5.54. The maximum atomic E-state index is 10.4. The molecule has 0 aromatic heterocycles. The molecule has 0 bridgehead atoms. The van der Waals surface area contributed by atoms with Crippen molar-refractivity contribution in [1.29, 1.82) is 0 Å². The van der Waals surface area contributed by atoms with E-state index in [-0.39, 0.29) is 35.0 Å². The molecule has 1 aromatic rings. The molecule has 0 saturated heterocycles. The Morgan fingerprint density at radius 2 is 1.54 bits per heavy atom. The Morgan fingerprint density at radius 1 is 1.08 bits per heavy atom. The zero-order valence-electron chi connectivity index (χ0n) is 8.63. The van der Waals surface area contributed by atoms with Crippen LogP contribution >= 0.6 is 12.0 Å². The molecule has 0 N–H and O–H groups in total. The Morgan fingerprint density at radius 3 is 1.85 bits per heavy atom. The van der Waals surface area contributed by atoms with E-state index in [0.717, 1.165) is 4.90 Å². The van der Waals surface area contributed by atoms with Crippen LogP contribution in [0, 0.1) is 0 Å². The Bertz CT molecular complexity index is 251. The summed E-state index contributed by atoms with van der Waals surface area (Å²) in [6.45, 7) is 6.48. The summed E-state index contributed by atoms with van der Waals surface area (Å²) in [7, 11) is 0. The summed E-state index contributed by atoms with van der Waals surface area (Å²) >= 11 is 0.538. The van der Waals surface area contributed by atoms with Crippen LogP contribution in [0.1, 0.15) is 26.3 Å². The summed E-state index contributed by atoms with van der Waals surface area (Å²) in [5.41, 5.74) is 1.44. The van der Waals surface area contributed by atoms with Crippen LogP contribution in [0.4, 0.5) is 0 Å². The third kappa shape index (κ3) is 4.05. The van der Waals surface area contributed by atoms with Gasteiger partial charge in [-0.25, -0.2) is 12.0 Å². The predicted octanol–water partition coefficient (Wildman–Crippen LogP) is 0.211. The van der Waals surface area contributed by atoms with Crippen LogP contribution in [0.2, 0.25) is 0 Å². The fraction of sp³-hybridized carbons (Fsp3) is 0.400. The van der Waals surface area contributed by atoms with Gasteiger partial charge < -0.3 is 4.55 Å². The smallest absolute Gasteiger partial charge is 0.795 e. The topological polar surface area (TPSA) is 23.1 Å². The van der Waals surface area contributed by atoms with Crippen molar-refractivity contribution in [3.05, 3.63) is 29.8 Å². The van der Waals surface area contributed by atoms with Crippen molar-refractivity contribution in [2.45, 2.75) is 31.1 Å². The van der Waals surface area contributed by atoms with E-state index >= 15 is 0 Å².